The summed E-state index contributed by atoms with van der Waals surface area (Å²) < 4.78 is 76.8. The first kappa shape index (κ1) is 56.3. The number of hydrogen-bond donors (Lipinski definition) is 4. The van der Waals surface area contributed by atoms with Crippen LogP contribution in [0, 0.1) is 0 Å². The number of halogens is 2. The van der Waals surface area contributed by atoms with Gasteiger partial charge in [0.15, 0.2) is 0 Å². The summed E-state index contributed by atoms with van der Waals surface area (Å²) >= 11 is 0. The normalized spacial score (nSPS) is 18.7. The van der Waals surface area contributed by atoms with E-state index in [-0.39, 0.29) is 72.1 Å². The van der Waals surface area contributed by atoms with E-state index in [1.165, 1.54) is 0 Å². The lowest BCUT2D eigenvalue weighted by atomic mass is 9.87. The lowest BCUT2D eigenvalue weighted by Gasteiger charge is -2.51. The van der Waals surface area contributed by atoms with E-state index in [2.05, 4.69) is 16.0 Å². The van der Waals surface area contributed by atoms with Gasteiger partial charge >= 0.3 is 18.0 Å². The fraction of sp³-hybridized carbons (Fsp3) is 0.322. The second kappa shape index (κ2) is 29.1. The van der Waals surface area contributed by atoms with Crippen molar-refractivity contribution in [1.29, 1.82) is 0 Å². The number of nitrogens with one attached hydrogen (secondary N) is 3. The Morgan fingerprint density at radius 2 is 0.987 bits per heavy atom. The van der Waals surface area contributed by atoms with E-state index in [1.807, 2.05) is 72.8 Å². The van der Waals surface area contributed by atoms with Crippen molar-refractivity contribution < 1.29 is 66.2 Å². The van der Waals surface area contributed by atoms with Gasteiger partial charge in [-0.3, -0.25) is 14.4 Å². The molecule has 17 heteroatoms. The molecule has 6 atom stereocenters. The molecule has 6 aromatic carbocycles. The van der Waals surface area contributed by atoms with Crippen LogP contribution >= 0.6 is 0 Å². The molecule has 0 aliphatic carbocycles. The molecule has 0 bridgehead atoms. The first-order valence-corrected chi connectivity index (χ1v) is 25.1. The lowest BCUT2D eigenvalue weighted by Crippen LogP contribution is -2.75. The molecule has 1 heterocycles. The molecule has 76 heavy (non-hydrogen) atoms. The Balaban J connectivity index is 1.07. The Hall–Kier alpha value is -7.38. The van der Waals surface area contributed by atoms with Gasteiger partial charge in [0, 0.05) is 6.54 Å². The van der Waals surface area contributed by atoms with Crippen molar-refractivity contribution in [1.82, 2.24) is 16.0 Å². The molecule has 0 saturated carbocycles. The standard InChI is InChI=1S/C59H63F2N3O12/c60-58(61,56(67)62-34-20-19-33-49(64-57(68)75-41-48-31-17-6-18-32-48)55(66)63-35-51(65)71-37-44-23-9-2-10-24-44)59(69)54(74-40-47-29-15-5-16-30-47)53(73-39-46-27-13-4-14-28-46)52(72-38-45-25-11-3-12-26-45)50(76-59)42-70-36-43-21-7-1-8-22-43/h1-18,21-32,49-50,52-54,69H,19-20,33-42H2,(H,62,67)(H,63,66)(H,64,68)/t49-,50+,52-,53-,54+,59+/m0/s1. The molecule has 7 rings (SSSR count). The summed E-state index contributed by atoms with van der Waals surface area (Å²) in [5.41, 5.74) is 4.23. The van der Waals surface area contributed by atoms with Crippen LogP contribution < -0.4 is 16.0 Å². The summed E-state index contributed by atoms with van der Waals surface area (Å²) in [6.45, 7) is -1.72. The fourth-order valence-corrected chi connectivity index (χ4v) is 8.30. The molecule has 0 unspecified atom stereocenters. The number of rotatable bonds is 28. The number of aliphatic hydroxyl groups is 1. The van der Waals surface area contributed by atoms with Gasteiger partial charge in [-0.05, 0) is 52.6 Å². The largest absolute Gasteiger partial charge is 0.460 e. The third-order valence-corrected chi connectivity index (χ3v) is 12.4. The number of esters is 1. The van der Waals surface area contributed by atoms with Gasteiger partial charge in [0.1, 0.15) is 50.2 Å². The second-order valence-electron chi connectivity index (χ2n) is 18.0. The van der Waals surface area contributed by atoms with Crippen molar-refractivity contribution in [3.05, 3.63) is 215 Å². The van der Waals surface area contributed by atoms with E-state index < -0.39 is 72.6 Å². The van der Waals surface area contributed by atoms with Crippen LogP contribution in [0.4, 0.5) is 13.6 Å². The number of unbranched alkanes of at least 4 members (excludes halogenated alkanes) is 1. The zero-order valence-electron chi connectivity index (χ0n) is 41.9. The van der Waals surface area contributed by atoms with Crippen LogP contribution in [-0.4, -0.2) is 90.8 Å². The Kier molecular flexibility index (Phi) is 21.5. The molecular weight excluding hydrogens is 981 g/mol. The summed E-state index contributed by atoms with van der Waals surface area (Å²) in [6, 6.07) is 52.6. The van der Waals surface area contributed by atoms with Gasteiger partial charge in [0.05, 0.1) is 33.0 Å². The number of alkyl carbamates (subject to hydrolysis) is 1. The highest BCUT2D eigenvalue weighted by Gasteiger charge is 2.71. The summed E-state index contributed by atoms with van der Waals surface area (Å²) in [7, 11) is 0. The van der Waals surface area contributed by atoms with Gasteiger partial charge in [-0.1, -0.05) is 182 Å². The molecule has 1 fully saturated rings. The molecule has 400 valence electrons. The first-order valence-electron chi connectivity index (χ1n) is 25.1. The van der Waals surface area contributed by atoms with E-state index in [0.29, 0.717) is 16.7 Å². The van der Waals surface area contributed by atoms with E-state index >= 15 is 8.78 Å². The molecular formula is C59H63F2N3O12. The molecule has 6 aromatic rings. The maximum Gasteiger partial charge on any atom is 0.408 e. The Morgan fingerprint density at radius 3 is 1.49 bits per heavy atom. The number of benzene rings is 6. The predicted molar refractivity (Wildman–Crippen MR) is 276 cm³/mol. The monoisotopic (exact) mass is 1040 g/mol. The Labute approximate surface area is 440 Å². The van der Waals surface area contributed by atoms with Gasteiger partial charge in [-0.2, -0.15) is 8.78 Å². The van der Waals surface area contributed by atoms with Crippen LogP contribution in [-0.2, 0) is 87.2 Å². The lowest BCUT2D eigenvalue weighted by molar-refractivity contribution is -0.415. The third kappa shape index (κ3) is 16.8. The number of carbonyl (C=O) groups is 4. The van der Waals surface area contributed by atoms with Crippen LogP contribution in [0.2, 0.25) is 0 Å². The van der Waals surface area contributed by atoms with Crippen molar-refractivity contribution >= 4 is 23.9 Å². The highest BCUT2D eigenvalue weighted by molar-refractivity contribution is 5.88. The van der Waals surface area contributed by atoms with Crippen LogP contribution in [0.5, 0.6) is 0 Å². The summed E-state index contributed by atoms with van der Waals surface area (Å²) in [6.07, 6.45) is -7.05. The van der Waals surface area contributed by atoms with Gasteiger partial charge in [0.2, 0.25) is 5.91 Å². The Morgan fingerprint density at radius 1 is 0.553 bits per heavy atom. The van der Waals surface area contributed by atoms with Crippen molar-refractivity contribution in [3.8, 4) is 0 Å². The van der Waals surface area contributed by atoms with E-state index in [1.54, 1.807) is 109 Å². The molecule has 1 aliphatic heterocycles. The summed E-state index contributed by atoms with van der Waals surface area (Å²) in [4.78, 5) is 52.9. The Bertz CT molecular complexity index is 2680. The molecule has 0 spiro atoms. The van der Waals surface area contributed by atoms with Gasteiger partial charge in [0.25, 0.3) is 11.7 Å². The second-order valence-corrected chi connectivity index (χ2v) is 18.0. The predicted octanol–water partition coefficient (Wildman–Crippen LogP) is 8.12. The zero-order chi connectivity index (χ0) is 53.4. The third-order valence-electron chi connectivity index (χ3n) is 12.4. The van der Waals surface area contributed by atoms with E-state index in [9.17, 15) is 24.3 Å². The molecule has 0 aromatic heterocycles. The minimum absolute atomic E-state index is 0.00976. The van der Waals surface area contributed by atoms with Crippen LogP contribution in [0.1, 0.15) is 52.6 Å². The smallest absolute Gasteiger partial charge is 0.408 e. The SMILES string of the molecule is O=C(CNC(=O)[C@H](CCCCNC(=O)C(F)(F)[C@]1(O)O[C@H](COCc2ccccc2)[C@H](OCc2ccccc2)[C@H](OCc2ccccc2)[C@H]1OCc1ccccc1)NC(=O)OCc1ccccc1)OCc1ccccc1. The van der Waals surface area contributed by atoms with E-state index in [4.69, 9.17) is 33.2 Å². The molecule has 1 aliphatic rings. The number of amides is 3. The molecule has 0 radical (unpaired) electrons. The molecule has 3 amide bonds. The number of alkyl halides is 2. The molecule has 1 saturated heterocycles. The van der Waals surface area contributed by atoms with Gasteiger partial charge in [-0.15, -0.1) is 0 Å². The zero-order valence-corrected chi connectivity index (χ0v) is 41.9. The van der Waals surface area contributed by atoms with E-state index in [0.717, 1.165) is 16.7 Å². The van der Waals surface area contributed by atoms with Crippen LogP contribution in [0.15, 0.2) is 182 Å². The number of carbonyl (C=O) groups excluding carboxylic acids is 4. The first-order chi connectivity index (χ1) is 37.0. The summed E-state index contributed by atoms with van der Waals surface area (Å²) in [5, 5.41) is 19.8. The van der Waals surface area contributed by atoms with Crippen LogP contribution in [0.25, 0.3) is 0 Å². The maximum atomic E-state index is 17.4. The maximum absolute atomic E-state index is 17.4. The van der Waals surface area contributed by atoms with Crippen molar-refractivity contribution in [2.75, 3.05) is 19.7 Å². The minimum Gasteiger partial charge on any atom is -0.460 e. The fourth-order valence-electron chi connectivity index (χ4n) is 8.30. The number of ether oxygens (including phenoxy) is 7. The average Bonchev–Trinajstić information content (AvgIpc) is 3.55. The highest BCUT2D eigenvalue weighted by atomic mass is 19.3. The van der Waals surface area contributed by atoms with Crippen molar-refractivity contribution in [3.63, 3.8) is 0 Å². The van der Waals surface area contributed by atoms with Crippen molar-refractivity contribution in [2.45, 2.75) is 101 Å². The average molecular weight is 1040 g/mol. The quantitative estimate of drug-likeness (QED) is 0.0273. The topological polar surface area (TPSA) is 189 Å². The van der Waals surface area contributed by atoms with Gasteiger partial charge in [-0.25, -0.2) is 4.79 Å². The molecule has 15 nitrogen and oxygen atoms in total. The minimum atomic E-state index is -4.72. The van der Waals surface area contributed by atoms with Crippen LogP contribution in [0.3, 0.4) is 0 Å². The summed E-state index contributed by atoms with van der Waals surface area (Å²) in [5.74, 6) is -11.7. The number of hydrogen-bond acceptors (Lipinski definition) is 12. The van der Waals surface area contributed by atoms with Gasteiger partial charge < -0.3 is 54.2 Å². The highest BCUT2D eigenvalue weighted by Crippen LogP contribution is 2.44. The molecule has 4 N–H and O–H groups in total. The van der Waals surface area contributed by atoms with Crippen molar-refractivity contribution in [2.24, 2.45) is 0 Å².